The lowest BCUT2D eigenvalue weighted by Crippen LogP contribution is -2.47. The van der Waals surface area contributed by atoms with Gasteiger partial charge in [-0.15, -0.1) is 0 Å². The molecule has 0 spiro atoms. The Balaban J connectivity index is 2.44. The molecule has 7 nitrogen and oxygen atoms in total. The molecular formula is C13H24N4O3. The van der Waals surface area contributed by atoms with Crippen molar-refractivity contribution in [2.24, 2.45) is 16.6 Å². The van der Waals surface area contributed by atoms with Crippen molar-refractivity contribution >= 4 is 17.8 Å². The van der Waals surface area contributed by atoms with Crippen molar-refractivity contribution in [2.75, 3.05) is 33.8 Å². The van der Waals surface area contributed by atoms with Gasteiger partial charge in [0.15, 0.2) is 5.96 Å². The molecule has 7 heteroatoms. The molecule has 1 aliphatic rings. The molecule has 114 valence electrons. The van der Waals surface area contributed by atoms with Gasteiger partial charge in [0.05, 0.1) is 13.5 Å². The largest absolute Gasteiger partial charge is 0.469 e. The van der Waals surface area contributed by atoms with Crippen LogP contribution in [-0.4, -0.2) is 56.5 Å². The van der Waals surface area contributed by atoms with Crippen molar-refractivity contribution in [3.05, 3.63) is 0 Å². The predicted octanol–water partition coefficient (Wildman–Crippen LogP) is -0.288. The third-order valence-corrected chi connectivity index (χ3v) is 3.36. The van der Waals surface area contributed by atoms with Crippen molar-refractivity contribution < 1.29 is 14.3 Å². The van der Waals surface area contributed by atoms with Gasteiger partial charge in [-0.25, -0.2) is 0 Å². The molecule has 1 rings (SSSR count). The number of likely N-dealkylation sites (tertiary alicyclic amines) is 1. The number of methoxy groups -OCH3 is 1. The number of guanidine groups is 1. The molecule has 1 saturated heterocycles. The number of nitrogens with one attached hydrogen (secondary N) is 1. The van der Waals surface area contributed by atoms with Crippen LogP contribution in [0.15, 0.2) is 4.99 Å². The summed E-state index contributed by atoms with van der Waals surface area (Å²) in [5, 5.41) is 3.14. The quantitative estimate of drug-likeness (QED) is 0.411. The van der Waals surface area contributed by atoms with Gasteiger partial charge in [-0.05, 0) is 18.8 Å². The molecule has 0 aromatic rings. The minimum Gasteiger partial charge on any atom is -0.469 e. The third-order valence-electron chi connectivity index (χ3n) is 3.36. The number of ether oxygens (including phenoxy) is 1. The number of nitrogens with zero attached hydrogens (tertiary/aromatic N) is 2. The highest BCUT2D eigenvalue weighted by molar-refractivity contribution is 5.81. The average Bonchev–Trinajstić information content (AvgIpc) is 2.43. The van der Waals surface area contributed by atoms with Gasteiger partial charge in [-0.1, -0.05) is 0 Å². The number of carbonyl (C=O) groups is 2. The molecule has 3 N–H and O–H groups in total. The maximum atomic E-state index is 11.1. The minimum absolute atomic E-state index is 0.252. The molecule has 1 unspecified atom stereocenters. The molecule has 20 heavy (non-hydrogen) atoms. The number of hydrogen-bond donors (Lipinski definition) is 2. The van der Waals surface area contributed by atoms with Crippen LogP contribution in [0.4, 0.5) is 0 Å². The monoisotopic (exact) mass is 284 g/mol. The van der Waals surface area contributed by atoms with Gasteiger partial charge in [0.25, 0.3) is 0 Å². The second kappa shape index (κ2) is 8.39. The number of carbonyl (C=O) groups excluding carboxylic acids is 2. The van der Waals surface area contributed by atoms with Crippen LogP contribution in [0.2, 0.25) is 0 Å². The molecule has 0 aromatic carbocycles. The molecule has 0 saturated carbocycles. The number of rotatable bonds is 5. The number of nitrogens with two attached hydrogens (primary N) is 1. The maximum absolute atomic E-state index is 11.1. The first-order valence-electron chi connectivity index (χ1n) is 6.87. The van der Waals surface area contributed by atoms with Crippen molar-refractivity contribution in [3.63, 3.8) is 0 Å². The van der Waals surface area contributed by atoms with Gasteiger partial charge in [0.1, 0.15) is 0 Å². The first-order valence-corrected chi connectivity index (χ1v) is 6.87. The van der Waals surface area contributed by atoms with Gasteiger partial charge in [-0.3, -0.25) is 14.6 Å². The highest BCUT2D eigenvalue weighted by Gasteiger charge is 2.23. The third kappa shape index (κ3) is 5.46. The smallest absolute Gasteiger partial charge is 0.307 e. The second-order valence-corrected chi connectivity index (χ2v) is 4.92. The number of amides is 1. The van der Waals surface area contributed by atoms with E-state index in [9.17, 15) is 9.59 Å². The molecule has 1 heterocycles. The van der Waals surface area contributed by atoms with Crippen LogP contribution < -0.4 is 11.1 Å². The number of aliphatic imine (C=N–C) groups is 1. The number of esters is 1. The van der Waals surface area contributed by atoms with Crippen molar-refractivity contribution in [1.82, 2.24) is 10.2 Å². The molecule has 1 fully saturated rings. The van der Waals surface area contributed by atoms with Crippen LogP contribution in [0.25, 0.3) is 0 Å². The summed E-state index contributed by atoms with van der Waals surface area (Å²) in [4.78, 5) is 28.4. The fourth-order valence-corrected chi connectivity index (χ4v) is 2.42. The van der Waals surface area contributed by atoms with Crippen molar-refractivity contribution in [3.8, 4) is 0 Å². The Kier molecular flexibility index (Phi) is 6.83. The summed E-state index contributed by atoms with van der Waals surface area (Å²) in [7, 11) is 3.08. The predicted molar refractivity (Wildman–Crippen MR) is 76.1 cm³/mol. The average molecular weight is 284 g/mol. The highest BCUT2D eigenvalue weighted by atomic mass is 16.5. The summed E-state index contributed by atoms with van der Waals surface area (Å²) in [6.45, 7) is 2.14. The summed E-state index contributed by atoms with van der Waals surface area (Å²) >= 11 is 0. The van der Waals surface area contributed by atoms with Crippen LogP contribution in [0, 0.1) is 5.92 Å². The maximum Gasteiger partial charge on any atom is 0.307 e. The topological polar surface area (TPSA) is 97.0 Å². The second-order valence-electron chi connectivity index (χ2n) is 4.92. The Morgan fingerprint density at radius 1 is 1.50 bits per heavy atom. The number of hydrogen-bond acceptors (Lipinski definition) is 4. The Morgan fingerprint density at radius 2 is 2.25 bits per heavy atom. The van der Waals surface area contributed by atoms with E-state index in [0.717, 1.165) is 31.9 Å². The Hall–Kier alpha value is -1.79. The summed E-state index contributed by atoms with van der Waals surface area (Å²) < 4.78 is 4.59. The van der Waals surface area contributed by atoms with Gasteiger partial charge in [-0.2, -0.15) is 0 Å². The van der Waals surface area contributed by atoms with E-state index in [0.29, 0.717) is 19.4 Å². The summed E-state index contributed by atoms with van der Waals surface area (Å²) in [5.41, 5.74) is 5.25. The Morgan fingerprint density at radius 3 is 2.85 bits per heavy atom. The molecule has 1 atom stereocenters. The first kappa shape index (κ1) is 16.3. The van der Waals surface area contributed by atoms with E-state index in [2.05, 4.69) is 19.9 Å². The van der Waals surface area contributed by atoms with Gasteiger partial charge >= 0.3 is 5.97 Å². The lowest BCUT2D eigenvalue weighted by molar-refractivity contribution is -0.140. The van der Waals surface area contributed by atoms with E-state index in [1.165, 1.54) is 7.11 Å². The summed E-state index contributed by atoms with van der Waals surface area (Å²) in [5.74, 6) is 0.521. The van der Waals surface area contributed by atoms with E-state index >= 15 is 0 Å². The standard InChI is InChI=1S/C13H24N4O3/c1-15-13(16-6-5-12(19)20-2)17-7-3-4-10(9-17)8-11(14)18/h10H,3-9H2,1-2H3,(H2,14,18)(H,15,16). The SMILES string of the molecule is CN=C(NCCC(=O)OC)N1CCCC(CC(N)=O)C1. The van der Waals surface area contributed by atoms with Gasteiger partial charge in [0, 0.05) is 33.1 Å². The zero-order chi connectivity index (χ0) is 15.0. The lowest BCUT2D eigenvalue weighted by atomic mass is 9.95. The molecule has 0 bridgehead atoms. The summed E-state index contributed by atoms with van der Waals surface area (Å²) in [6.07, 6.45) is 2.73. The minimum atomic E-state index is -0.259. The molecule has 0 aromatic heterocycles. The van der Waals surface area contributed by atoms with E-state index < -0.39 is 0 Å². The Labute approximate surface area is 119 Å². The molecular weight excluding hydrogens is 260 g/mol. The van der Waals surface area contributed by atoms with Crippen LogP contribution in [0.5, 0.6) is 0 Å². The van der Waals surface area contributed by atoms with E-state index in [-0.39, 0.29) is 17.8 Å². The van der Waals surface area contributed by atoms with Crippen LogP contribution >= 0.6 is 0 Å². The van der Waals surface area contributed by atoms with Crippen LogP contribution in [-0.2, 0) is 14.3 Å². The highest BCUT2D eigenvalue weighted by Crippen LogP contribution is 2.19. The molecule has 0 radical (unpaired) electrons. The van der Waals surface area contributed by atoms with E-state index in [4.69, 9.17) is 5.73 Å². The lowest BCUT2D eigenvalue weighted by Gasteiger charge is -2.34. The number of piperidine rings is 1. The van der Waals surface area contributed by atoms with E-state index in [1.807, 2.05) is 0 Å². The fraction of sp³-hybridized carbons (Fsp3) is 0.769. The normalized spacial score (nSPS) is 19.6. The van der Waals surface area contributed by atoms with Crippen molar-refractivity contribution in [1.29, 1.82) is 0 Å². The fourth-order valence-electron chi connectivity index (χ4n) is 2.42. The van der Waals surface area contributed by atoms with Gasteiger partial charge in [0.2, 0.25) is 5.91 Å². The summed E-state index contributed by atoms with van der Waals surface area (Å²) in [6, 6.07) is 0. The van der Waals surface area contributed by atoms with Gasteiger partial charge < -0.3 is 20.7 Å². The van der Waals surface area contributed by atoms with Crippen LogP contribution in [0.3, 0.4) is 0 Å². The molecule has 1 amide bonds. The van der Waals surface area contributed by atoms with E-state index in [1.54, 1.807) is 7.05 Å². The number of primary amides is 1. The van der Waals surface area contributed by atoms with Crippen molar-refractivity contribution in [2.45, 2.75) is 25.7 Å². The Bertz CT molecular complexity index is 371. The van der Waals surface area contributed by atoms with Crippen LogP contribution in [0.1, 0.15) is 25.7 Å². The zero-order valence-electron chi connectivity index (χ0n) is 12.2. The zero-order valence-corrected chi connectivity index (χ0v) is 12.2. The molecule has 1 aliphatic heterocycles. The molecule has 0 aliphatic carbocycles. The first-order chi connectivity index (χ1) is 9.56.